The average Bonchev–Trinajstić information content (AvgIpc) is 2.98. The third kappa shape index (κ3) is 3.91. The monoisotopic (exact) mass is 351 g/mol. The molecule has 2 N–H and O–H groups in total. The van der Waals surface area contributed by atoms with Crippen molar-refractivity contribution in [3.05, 3.63) is 54.1 Å². The lowest BCUT2D eigenvalue weighted by molar-refractivity contribution is -0.122. The van der Waals surface area contributed by atoms with Gasteiger partial charge in [0.15, 0.2) is 0 Å². The molecule has 1 unspecified atom stereocenters. The minimum Gasteiger partial charge on any atom is -0.326 e. The molecule has 2 aromatic carbocycles. The van der Waals surface area contributed by atoms with E-state index in [2.05, 4.69) is 10.6 Å². The molecule has 1 atom stereocenters. The van der Waals surface area contributed by atoms with Gasteiger partial charge in [0.1, 0.15) is 0 Å². The number of carbonyl (C=O) groups is 3. The van der Waals surface area contributed by atoms with E-state index in [9.17, 15) is 14.4 Å². The zero-order chi connectivity index (χ0) is 18.7. The molecule has 1 saturated heterocycles. The van der Waals surface area contributed by atoms with Crippen molar-refractivity contribution in [1.82, 2.24) is 0 Å². The summed E-state index contributed by atoms with van der Waals surface area (Å²) in [5.41, 5.74) is 3.16. The van der Waals surface area contributed by atoms with Crippen LogP contribution in [0.25, 0.3) is 0 Å². The number of amides is 3. The van der Waals surface area contributed by atoms with Crippen LogP contribution in [0.2, 0.25) is 0 Å². The Balaban J connectivity index is 1.65. The van der Waals surface area contributed by atoms with Crippen molar-refractivity contribution >= 4 is 34.8 Å². The van der Waals surface area contributed by atoms with E-state index in [1.165, 1.54) is 6.92 Å². The van der Waals surface area contributed by atoms with E-state index in [0.29, 0.717) is 17.9 Å². The average molecular weight is 351 g/mol. The number of benzene rings is 2. The third-order valence-corrected chi connectivity index (χ3v) is 4.37. The van der Waals surface area contributed by atoms with Gasteiger partial charge in [0, 0.05) is 37.0 Å². The molecule has 3 amide bonds. The zero-order valence-corrected chi connectivity index (χ0v) is 14.8. The van der Waals surface area contributed by atoms with Gasteiger partial charge in [-0.05, 0) is 42.8 Å². The molecule has 6 nitrogen and oxygen atoms in total. The van der Waals surface area contributed by atoms with Crippen LogP contribution in [-0.2, 0) is 14.4 Å². The highest BCUT2D eigenvalue weighted by Crippen LogP contribution is 2.28. The molecule has 1 heterocycles. The first-order chi connectivity index (χ1) is 12.4. The Kier molecular flexibility index (Phi) is 5.02. The van der Waals surface area contributed by atoms with Crippen LogP contribution in [0.4, 0.5) is 17.1 Å². The van der Waals surface area contributed by atoms with Crippen LogP contribution < -0.4 is 15.5 Å². The van der Waals surface area contributed by atoms with Gasteiger partial charge in [-0.1, -0.05) is 18.2 Å². The largest absolute Gasteiger partial charge is 0.326 e. The van der Waals surface area contributed by atoms with Crippen LogP contribution in [0.1, 0.15) is 18.9 Å². The van der Waals surface area contributed by atoms with Gasteiger partial charge in [-0.3, -0.25) is 14.4 Å². The highest BCUT2D eigenvalue weighted by atomic mass is 16.2. The van der Waals surface area contributed by atoms with E-state index >= 15 is 0 Å². The number of hydrogen-bond acceptors (Lipinski definition) is 3. The van der Waals surface area contributed by atoms with E-state index in [1.54, 1.807) is 29.2 Å². The fraction of sp³-hybridized carbons (Fsp3) is 0.250. The number of para-hydroxylation sites is 1. The predicted octanol–water partition coefficient (Wildman–Crippen LogP) is 2.95. The lowest BCUT2D eigenvalue weighted by Gasteiger charge is -2.19. The maximum Gasteiger partial charge on any atom is 0.229 e. The molecule has 0 radical (unpaired) electrons. The standard InChI is InChI=1S/C20H21N3O3/c1-13-5-3-4-6-18(13)23-12-15(11-19(23)25)20(26)22-17-9-7-16(8-10-17)21-14(2)24/h3-10,15H,11-12H2,1-2H3,(H,21,24)(H,22,26). The first kappa shape index (κ1) is 17.7. The summed E-state index contributed by atoms with van der Waals surface area (Å²) in [6.45, 7) is 3.76. The molecular weight excluding hydrogens is 330 g/mol. The van der Waals surface area contributed by atoms with Crippen LogP contribution in [0.3, 0.4) is 0 Å². The van der Waals surface area contributed by atoms with Gasteiger partial charge >= 0.3 is 0 Å². The number of carbonyl (C=O) groups excluding carboxylic acids is 3. The SMILES string of the molecule is CC(=O)Nc1ccc(NC(=O)C2CC(=O)N(c3ccccc3C)C2)cc1. The van der Waals surface area contributed by atoms with E-state index < -0.39 is 5.92 Å². The highest BCUT2D eigenvalue weighted by molar-refractivity contribution is 6.04. The molecule has 1 aliphatic heterocycles. The number of nitrogens with one attached hydrogen (secondary N) is 2. The Labute approximate surface area is 152 Å². The Morgan fingerprint density at radius 2 is 1.62 bits per heavy atom. The number of aryl methyl sites for hydroxylation is 1. The lowest BCUT2D eigenvalue weighted by Crippen LogP contribution is -2.28. The first-order valence-electron chi connectivity index (χ1n) is 8.48. The fourth-order valence-corrected chi connectivity index (χ4v) is 3.07. The minimum atomic E-state index is -0.392. The summed E-state index contributed by atoms with van der Waals surface area (Å²) in [4.78, 5) is 37.6. The third-order valence-electron chi connectivity index (χ3n) is 4.37. The van der Waals surface area contributed by atoms with Gasteiger partial charge in [0.05, 0.1) is 5.92 Å². The molecule has 1 fully saturated rings. The fourth-order valence-electron chi connectivity index (χ4n) is 3.07. The summed E-state index contributed by atoms with van der Waals surface area (Å²) in [6, 6.07) is 14.5. The smallest absolute Gasteiger partial charge is 0.229 e. The quantitative estimate of drug-likeness (QED) is 0.889. The Bertz CT molecular complexity index is 846. The van der Waals surface area contributed by atoms with Crippen LogP contribution in [0.5, 0.6) is 0 Å². The molecule has 0 bridgehead atoms. The van der Waals surface area contributed by atoms with Gasteiger partial charge in [-0.25, -0.2) is 0 Å². The molecule has 1 aliphatic rings. The molecular formula is C20H21N3O3. The topological polar surface area (TPSA) is 78.5 Å². The van der Waals surface area contributed by atoms with E-state index in [4.69, 9.17) is 0 Å². The first-order valence-corrected chi connectivity index (χ1v) is 8.48. The zero-order valence-electron chi connectivity index (χ0n) is 14.8. The summed E-state index contributed by atoms with van der Waals surface area (Å²) in [5, 5.41) is 5.51. The van der Waals surface area contributed by atoms with Crippen molar-refractivity contribution in [3.63, 3.8) is 0 Å². The maximum absolute atomic E-state index is 12.5. The molecule has 6 heteroatoms. The molecule has 26 heavy (non-hydrogen) atoms. The molecule has 134 valence electrons. The van der Waals surface area contributed by atoms with Crippen molar-refractivity contribution in [2.75, 3.05) is 22.1 Å². The Morgan fingerprint density at radius 3 is 2.23 bits per heavy atom. The van der Waals surface area contributed by atoms with Crippen molar-refractivity contribution < 1.29 is 14.4 Å². The van der Waals surface area contributed by atoms with Crippen molar-refractivity contribution in [1.29, 1.82) is 0 Å². The highest BCUT2D eigenvalue weighted by Gasteiger charge is 2.35. The van der Waals surface area contributed by atoms with Crippen LogP contribution >= 0.6 is 0 Å². The predicted molar refractivity (Wildman–Crippen MR) is 101 cm³/mol. The van der Waals surface area contributed by atoms with Crippen molar-refractivity contribution in [3.8, 4) is 0 Å². The summed E-state index contributed by atoms with van der Waals surface area (Å²) < 4.78 is 0. The van der Waals surface area contributed by atoms with E-state index in [-0.39, 0.29) is 24.1 Å². The van der Waals surface area contributed by atoms with E-state index in [0.717, 1.165) is 11.3 Å². The van der Waals surface area contributed by atoms with Gasteiger partial charge < -0.3 is 15.5 Å². The van der Waals surface area contributed by atoms with Gasteiger partial charge in [-0.15, -0.1) is 0 Å². The lowest BCUT2D eigenvalue weighted by atomic mass is 10.1. The molecule has 0 aliphatic carbocycles. The second kappa shape index (κ2) is 7.39. The van der Waals surface area contributed by atoms with Crippen LogP contribution in [-0.4, -0.2) is 24.3 Å². The normalized spacial score (nSPS) is 16.5. The summed E-state index contributed by atoms with van der Waals surface area (Å²) in [6.07, 6.45) is 0.199. The molecule has 2 aromatic rings. The number of anilines is 3. The van der Waals surface area contributed by atoms with Gasteiger partial charge in [0.2, 0.25) is 17.7 Å². The maximum atomic E-state index is 12.5. The molecule has 0 saturated carbocycles. The molecule has 0 aromatic heterocycles. The Hall–Kier alpha value is -3.15. The number of hydrogen-bond donors (Lipinski definition) is 2. The summed E-state index contributed by atoms with van der Waals surface area (Å²) >= 11 is 0. The summed E-state index contributed by atoms with van der Waals surface area (Å²) in [7, 11) is 0. The van der Waals surface area contributed by atoms with Crippen molar-refractivity contribution in [2.45, 2.75) is 20.3 Å². The van der Waals surface area contributed by atoms with E-state index in [1.807, 2.05) is 31.2 Å². The molecule has 3 rings (SSSR count). The van der Waals surface area contributed by atoms with Crippen LogP contribution in [0.15, 0.2) is 48.5 Å². The second-order valence-corrected chi connectivity index (χ2v) is 6.44. The summed E-state index contributed by atoms with van der Waals surface area (Å²) in [5.74, 6) is -0.762. The van der Waals surface area contributed by atoms with Crippen molar-refractivity contribution in [2.24, 2.45) is 5.92 Å². The minimum absolute atomic E-state index is 0.0412. The second-order valence-electron chi connectivity index (χ2n) is 6.44. The van der Waals surface area contributed by atoms with Gasteiger partial charge in [0.25, 0.3) is 0 Å². The number of nitrogens with zero attached hydrogens (tertiary/aromatic N) is 1. The Morgan fingerprint density at radius 1 is 1.00 bits per heavy atom. The van der Waals surface area contributed by atoms with Crippen LogP contribution in [0, 0.1) is 12.8 Å². The van der Waals surface area contributed by atoms with Gasteiger partial charge in [-0.2, -0.15) is 0 Å². The number of rotatable bonds is 4. The molecule has 0 spiro atoms.